The van der Waals surface area contributed by atoms with E-state index < -0.39 is 4.92 Å². The van der Waals surface area contributed by atoms with Gasteiger partial charge in [0.15, 0.2) is 0 Å². The Labute approximate surface area is 88.0 Å². The molecule has 0 radical (unpaired) electrons. The highest BCUT2D eigenvalue weighted by molar-refractivity contribution is 5.73. The topological polar surface area (TPSA) is 88.2 Å². The highest BCUT2D eigenvalue weighted by Gasteiger charge is 2.17. The molecule has 1 heterocycles. The van der Waals surface area contributed by atoms with Crippen LogP contribution in [0.4, 0.5) is 0 Å². The van der Waals surface area contributed by atoms with Gasteiger partial charge < -0.3 is 15.5 Å². The maximum atomic E-state index is 10.5. The van der Waals surface area contributed by atoms with Gasteiger partial charge in [0.1, 0.15) is 0 Å². The molecule has 0 atom stereocenters. The van der Waals surface area contributed by atoms with Gasteiger partial charge in [-0.25, -0.2) is 0 Å². The first-order chi connectivity index (χ1) is 7.15. The molecule has 1 aliphatic rings. The van der Waals surface area contributed by atoms with E-state index in [-0.39, 0.29) is 11.7 Å². The first-order valence-corrected chi connectivity index (χ1v) is 4.85. The molecule has 6 heteroatoms. The Balaban J connectivity index is 2.61. The number of hydrogen-bond acceptors (Lipinski definition) is 5. The average Bonchev–Trinajstić information content (AvgIpc) is 2.19. The average molecular weight is 213 g/mol. The van der Waals surface area contributed by atoms with E-state index in [9.17, 15) is 10.1 Å². The molecule has 2 N–H and O–H groups in total. The molecule has 84 valence electrons. The van der Waals surface area contributed by atoms with Crippen LogP contribution in [-0.4, -0.2) is 30.4 Å². The molecule has 0 aliphatic carbocycles. The third-order valence-corrected chi connectivity index (χ3v) is 2.36. The second-order valence-corrected chi connectivity index (χ2v) is 3.44. The van der Waals surface area contributed by atoms with E-state index >= 15 is 0 Å². The van der Waals surface area contributed by atoms with E-state index in [2.05, 4.69) is 5.32 Å². The van der Waals surface area contributed by atoms with Crippen molar-refractivity contribution in [2.45, 2.75) is 25.8 Å². The molecule has 0 amide bonds. The van der Waals surface area contributed by atoms with Crippen molar-refractivity contribution in [3.63, 3.8) is 0 Å². The molecule has 0 bridgehead atoms. The SMILES string of the molecule is C/C(NC1CCOCC1)=C(/C=N)[N+](=O)[O-]. The predicted molar refractivity (Wildman–Crippen MR) is 55.5 cm³/mol. The van der Waals surface area contributed by atoms with Crippen molar-refractivity contribution in [1.29, 1.82) is 5.41 Å². The molecule has 15 heavy (non-hydrogen) atoms. The minimum atomic E-state index is -0.547. The third kappa shape index (κ3) is 3.32. The molecule has 0 aromatic rings. The van der Waals surface area contributed by atoms with Gasteiger partial charge >= 0.3 is 5.70 Å². The Bertz CT molecular complexity index is 282. The molecular weight excluding hydrogens is 198 g/mol. The van der Waals surface area contributed by atoms with Crippen molar-refractivity contribution >= 4 is 6.21 Å². The largest absolute Gasteiger partial charge is 0.381 e. The molecule has 0 aromatic heterocycles. The van der Waals surface area contributed by atoms with Crippen LogP contribution in [0.3, 0.4) is 0 Å². The highest BCUT2D eigenvalue weighted by atomic mass is 16.6. The minimum absolute atomic E-state index is 0.179. The van der Waals surface area contributed by atoms with Gasteiger partial charge in [-0.15, -0.1) is 0 Å². The predicted octanol–water partition coefficient (Wildman–Crippen LogP) is 0.913. The van der Waals surface area contributed by atoms with Gasteiger partial charge in [-0.2, -0.15) is 0 Å². The second kappa shape index (κ2) is 5.45. The van der Waals surface area contributed by atoms with Gasteiger partial charge in [0.25, 0.3) is 0 Å². The summed E-state index contributed by atoms with van der Waals surface area (Å²) in [5.41, 5.74) is 0.267. The fourth-order valence-electron chi connectivity index (χ4n) is 1.52. The highest BCUT2D eigenvalue weighted by Crippen LogP contribution is 2.09. The first kappa shape index (κ1) is 11.6. The van der Waals surface area contributed by atoms with Gasteiger partial charge in [-0.1, -0.05) is 0 Å². The van der Waals surface area contributed by atoms with Gasteiger partial charge in [0.05, 0.1) is 16.8 Å². The van der Waals surface area contributed by atoms with Crippen molar-refractivity contribution < 1.29 is 9.66 Å². The Morgan fingerprint density at radius 1 is 1.60 bits per heavy atom. The Kier molecular flexibility index (Phi) is 4.23. The van der Waals surface area contributed by atoms with Gasteiger partial charge in [0.2, 0.25) is 0 Å². The zero-order chi connectivity index (χ0) is 11.3. The number of allylic oxidation sites excluding steroid dienone is 2. The Morgan fingerprint density at radius 3 is 2.67 bits per heavy atom. The Morgan fingerprint density at radius 2 is 2.20 bits per heavy atom. The van der Waals surface area contributed by atoms with Crippen LogP contribution < -0.4 is 5.32 Å². The van der Waals surface area contributed by atoms with E-state index in [4.69, 9.17) is 10.1 Å². The number of nitrogens with zero attached hydrogens (tertiary/aromatic N) is 1. The number of nitrogens with one attached hydrogen (secondary N) is 2. The molecule has 0 unspecified atom stereocenters. The van der Waals surface area contributed by atoms with Crippen molar-refractivity contribution in [2.24, 2.45) is 0 Å². The summed E-state index contributed by atoms with van der Waals surface area (Å²) >= 11 is 0. The minimum Gasteiger partial charge on any atom is -0.381 e. The quantitative estimate of drug-likeness (QED) is 0.413. The van der Waals surface area contributed by atoms with E-state index in [1.54, 1.807) is 6.92 Å². The molecule has 1 rings (SSSR count). The van der Waals surface area contributed by atoms with Crippen LogP contribution in [-0.2, 0) is 4.74 Å². The van der Waals surface area contributed by atoms with Gasteiger partial charge in [0, 0.05) is 19.3 Å². The van der Waals surface area contributed by atoms with Crippen LogP contribution in [0.25, 0.3) is 0 Å². The van der Waals surface area contributed by atoms with Crippen molar-refractivity contribution in [1.82, 2.24) is 5.32 Å². The number of ether oxygens (including phenoxy) is 1. The summed E-state index contributed by atoms with van der Waals surface area (Å²) in [4.78, 5) is 10.00. The van der Waals surface area contributed by atoms with Crippen LogP contribution in [0.2, 0.25) is 0 Å². The lowest BCUT2D eigenvalue weighted by Gasteiger charge is -2.23. The molecule has 1 aliphatic heterocycles. The molecule has 1 fully saturated rings. The monoisotopic (exact) mass is 213 g/mol. The van der Waals surface area contributed by atoms with E-state index in [1.165, 1.54) is 0 Å². The molecular formula is C9H15N3O3. The normalized spacial score (nSPS) is 19.3. The number of hydrogen-bond donors (Lipinski definition) is 2. The van der Waals surface area contributed by atoms with Crippen LogP contribution in [0.5, 0.6) is 0 Å². The van der Waals surface area contributed by atoms with Crippen LogP contribution in [0, 0.1) is 15.5 Å². The summed E-state index contributed by atoms with van der Waals surface area (Å²) < 4.78 is 5.18. The number of rotatable bonds is 4. The molecule has 0 aromatic carbocycles. The maximum absolute atomic E-state index is 10.5. The summed E-state index contributed by atoms with van der Waals surface area (Å²) in [7, 11) is 0. The number of nitro groups is 1. The first-order valence-electron chi connectivity index (χ1n) is 4.85. The van der Waals surface area contributed by atoms with Crippen LogP contribution >= 0.6 is 0 Å². The van der Waals surface area contributed by atoms with Crippen molar-refractivity contribution in [2.75, 3.05) is 13.2 Å². The van der Waals surface area contributed by atoms with Gasteiger partial charge in [-0.05, 0) is 19.8 Å². The lowest BCUT2D eigenvalue weighted by atomic mass is 10.1. The van der Waals surface area contributed by atoms with E-state index in [0.717, 1.165) is 19.1 Å². The molecule has 1 saturated heterocycles. The fourth-order valence-corrected chi connectivity index (χ4v) is 1.52. The Hall–Kier alpha value is -1.43. The van der Waals surface area contributed by atoms with Crippen LogP contribution in [0.1, 0.15) is 19.8 Å². The second-order valence-electron chi connectivity index (χ2n) is 3.44. The van der Waals surface area contributed by atoms with Crippen LogP contribution in [0.15, 0.2) is 11.4 Å². The van der Waals surface area contributed by atoms with Crippen molar-refractivity contribution in [3.05, 3.63) is 21.5 Å². The lowest BCUT2D eigenvalue weighted by molar-refractivity contribution is -0.415. The summed E-state index contributed by atoms with van der Waals surface area (Å²) in [6.45, 7) is 2.99. The fraction of sp³-hybridized carbons (Fsp3) is 0.667. The third-order valence-electron chi connectivity index (χ3n) is 2.36. The molecule has 0 spiro atoms. The van der Waals surface area contributed by atoms with E-state index in [0.29, 0.717) is 18.9 Å². The zero-order valence-electron chi connectivity index (χ0n) is 8.66. The van der Waals surface area contributed by atoms with Gasteiger partial charge in [-0.3, -0.25) is 10.1 Å². The summed E-state index contributed by atoms with van der Waals surface area (Å²) in [6.07, 6.45) is 2.46. The summed E-state index contributed by atoms with van der Waals surface area (Å²) in [5.74, 6) is 0. The summed E-state index contributed by atoms with van der Waals surface area (Å²) in [5, 5.41) is 20.6. The van der Waals surface area contributed by atoms with Crippen molar-refractivity contribution in [3.8, 4) is 0 Å². The zero-order valence-corrected chi connectivity index (χ0v) is 8.66. The van der Waals surface area contributed by atoms with E-state index in [1.807, 2.05) is 0 Å². The summed E-state index contributed by atoms with van der Waals surface area (Å²) in [6, 6.07) is 0.216. The maximum Gasteiger partial charge on any atom is 0.305 e. The smallest absolute Gasteiger partial charge is 0.305 e. The molecule has 6 nitrogen and oxygen atoms in total. The standard InChI is InChI=1S/C9H15N3O3/c1-7(9(6-10)12(13)14)11-8-2-4-15-5-3-8/h6,8,10-11H,2-5H2,1H3/b9-7+,10-6?. The lowest BCUT2D eigenvalue weighted by Crippen LogP contribution is -2.34. The molecule has 0 saturated carbocycles.